The van der Waals surface area contributed by atoms with Gasteiger partial charge in [0.2, 0.25) is 0 Å². The SMILES string of the molecule is CC(=O)OC[C@]12CO[C@H](CBr)[C@H](C(C)=C[C@H]1C)[C@@H]2C. The molecule has 1 fully saturated rings. The first kappa shape index (κ1) is 15.0. The number of hydrogen-bond donors (Lipinski definition) is 0. The first-order chi connectivity index (χ1) is 8.92. The third-order valence-corrected chi connectivity index (χ3v) is 5.69. The third kappa shape index (κ3) is 2.49. The summed E-state index contributed by atoms with van der Waals surface area (Å²) in [5.74, 6) is 1.04. The Hall–Kier alpha value is -0.350. The number of alkyl halides is 1. The van der Waals surface area contributed by atoms with Gasteiger partial charge in [-0.2, -0.15) is 0 Å². The van der Waals surface area contributed by atoms with E-state index in [2.05, 4.69) is 42.8 Å². The predicted octanol–water partition coefficient (Wildman–Crippen LogP) is 3.18. The van der Waals surface area contributed by atoms with Crippen molar-refractivity contribution in [3.63, 3.8) is 0 Å². The zero-order valence-corrected chi connectivity index (χ0v) is 13.7. The molecule has 1 heterocycles. The molecule has 2 bridgehead atoms. The van der Waals surface area contributed by atoms with E-state index in [-0.39, 0.29) is 17.5 Å². The molecule has 4 heteroatoms. The molecule has 5 atom stereocenters. The van der Waals surface area contributed by atoms with Gasteiger partial charge in [0.25, 0.3) is 0 Å². The summed E-state index contributed by atoms with van der Waals surface area (Å²) in [5.41, 5.74) is 1.33. The van der Waals surface area contributed by atoms with E-state index < -0.39 is 0 Å². The Morgan fingerprint density at radius 2 is 2.26 bits per heavy atom. The zero-order valence-electron chi connectivity index (χ0n) is 12.1. The molecule has 108 valence electrons. The molecule has 0 aromatic heterocycles. The highest BCUT2D eigenvalue weighted by molar-refractivity contribution is 9.09. The van der Waals surface area contributed by atoms with Gasteiger partial charge in [0.1, 0.15) is 0 Å². The summed E-state index contributed by atoms with van der Waals surface area (Å²) in [6.07, 6.45) is 2.57. The molecule has 2 rings (SSSR count). The van der Waals surface area contributed by atoms with Crippen LogP contribution in [-0.2, 0) is 14.3 Å². The monoisotopic (exact) mass is 330 g/mol. The Kier molecular flexibility index (Phi) is 4.41. The second-order valence-electron chi connectivity index (χ2n) is 6.03. The molecule has 0 radical (unpaired) electrons. The van der Waals surface area contributed by atoms with Crippen molar-refractivity contribution < 1.29 is 14.3 Å². The molecule has 0 aromatic rings. The summed E-state index contributed by atoms with van der Waals surface area (Å²) < 4.78 is 11.4. The Labute approximate surface area is 123 Å². The van der Waals surface area contributed by atoms with Crippen LogP contribution in [0.25, 0.3) is 0 Å². The fourth-order valence-electron chi connectivity index (χ4n) is 3.76. The third-order valence-electron chi connectivity index (χ3n) is 5.05. The number of halogens is 1. The lowest BCUT2D eigenvalue weighted by atomic mass is 9.56. The summed E-state index contributed by atoms with van der Waals surface area (Å²) in [5, 5.41) is 0.852. The van der Waals surface area contributed by atoms with Gasteiger partial charge in [-0.05, 0) is 18.8 Å². The largest absolute Gasteiger partial charge is 0.465 e. The summed E-state index contributed by atoms with van der Waals surface area (Å²) in [7, 11) is 0. The number of fused-ring (bicyclic) bond motifs is 2. The van der Waals surface area contributed by atoms with Crippen molar-refractivity contribution in [1.29, 1.82) is 0 Å². The van der Waals surface area contributed by atoms with Crippen molar-refractivity contribution in [2.45, 2.75) is 33.8 Å². The lowest BCUT2D eigenvalue weighted by Gasteiger charge is -2.55. The highest BCUT2D eigenvalue weighted by Gasteiger charge is 2.53. The molecular weight excluding hydrogens is 308 g/mol. The quantitative estimate of drug-likeness (QED) is 0.453. The first-order valence-electron chi connectivity index (χ1n) is 6.91. The highest BCUT2D eigenvalue weighted by Crippen LogP contribution is 2.52. The van der Waals surface area contributed by atoms with Crippen LogP contribution in [0, 0.1) is 23.2 Å². The average Bonchev–Trinajstić information content (AvgIpc) is 2.34. The number of carbonyl (C=O) groups excluding carboxylic acids is 1. The molecule has 1 aliphatic carbocycles. The second-order valence-corrected chi connectivity index (χ2v) is 6.68. The van der Waals surface area contributed by atoms with Crippen LogP contribution in [0.3, 0.4) is 0 Å². The second kappa shape index (κ2) is 5.57. The molecule has 0 aromatic carbocycles. The van der Waals surface area contributed by atoms with Gasteiger partial charge < -0.3 is 9.47 Å². The van der Waals surface area contributed by atoms with Crippen molar-refractivity contribution in [3.05, 3.63) is 11.6 Å². The number of esters is 1. The minimum Gasteiger partial charge on any atom is -0.465 e. The van der Waals surface area contributed by atoms with Gasteiger partial charge in [-0.15, -0.1) is 0 Å². The number of carbonyl (C=O) groups is 1. The summed E-state index contributed by atoms with van der Waals surface area (Å²) in [4.78, 5) is 11.2. The predicted molar refractivity (Wildman–Crippen MR) is 78.2 cm³/mol. The van der Waals surface area contributed by atoms with Gasteiger partial charge in [-0.25, -0.2) is 0 Å². The van der Waals surface area contributed by atoms with Crippen LogP contribution in [0.2, 0.25) is 0 Å². The zero-order chi connectivity index (χ0) is 14.2. The Bertz CT molecular complexity index is 393. The van der Waals surface area contributed by atoms with Crippen LogP contribution < -0.4 is 0 Å². The molecule has 19 heavy (non-hydrogen) atoms. The molecule has 3 nitrogen and oxygen atoms in total. The minimum absolute atomic E-state index is 0.0749. The molecule has 2 aliphatic rings. The van der Waals surface area contributed by atoms with E-state index in [0.717, 1.165) is 5.33 Å². The van der Waals surface area contributed by atoms with Crippen molar-refractivity contribution in [2.24, 2.45) is 23.2 Å². The molecular formula is C15H23BrO3. The summed E-state index contributed by atoms with van der Waals surface area (Å²) >= 11 is 3.55. The van der Waals surface area contributed by atoms with E-state index in [1.54, 1.807) is 0 Å². The first-order valence-corrected chi connectivity index (χ1v) is 8.03. The Balaban J connectivity index is 2.31. The van der Waals surface area contributed by atoms with Crippen molar-refractivity contribution in [1.82, 2.24) is 0 Å². The van der Waals surface area contributed by atoms with Gasteiger partial charge in [-0.1, -0.05) is 41.4 Å². The standard InChI is InChI=1S/C15H23BrO3/c1-9-5-10(2)15(7-18-12(4)17)8-19-13(6-16)14(9)11(15)3/h5,10-11,13-14H,6-8H2,1-4H3/t10-,11+,13-,14-,15+/m1/s1. The minimum atomic E-state index is -0.209. The summed E-state index contributed by atoms with van der Waals surface area (Å²) in [6.45, 7) is 9.27. The van der Waals surface area contributed by atoms with Crippen molar-refractivity contribution in [3.8, 4) is 0 Å². The van der Waals surface area contributed by atoms with Crippen LogP contribution in [0.5, 0.6) is 0 Å². The average molecular weight is 331 g/mol. The fraction of sp³-hybridized carbons (Fsp3) is 0.800. The lowest BCUT2D eigenvalue weighted by molar-refractivity contribution is -0.174. The molecule has 0 spiro atoms. The van der Waals surface area contributed by atoms with Crippen LogP contribution in [0.1, 0.15) is 27.7 Å². The van der Waals surface area contributed by atoms with Crippen molar-refractivity contribution in [2.75, 3.05) is 18.5 Å². The van der Waals surface area contributed by atoms with Crippen LogP contribution in [0.15, 0.2) is 11.6 Å². The van der Waals surface area contributed by atoms with E-state index in [1.807, 2.05) is 0 Å². The molecule has 0 amide bonds. The molecule has 0 N–H and O–H groups in total. The smallest absolute Gasteiger partial charge is 0.302 e. The van der Waals surface area contributed by atoms with Crippen LogP contribution in [-0.4, -0.2) is 30.6 Å². The van der Waals surface area contributed by atoms with E-state index in [9.17, 15) is 4.79 Å². The number of allylic oxidation sites excluding steroid dienone is 1. The fourth-order valence-corrected chi connectivity index (χ4v) is 4.35. The molecule has 0 unspecified atom stereocenters. The van der Waals surface area contributed by atoms with Gasteiger partial charge in [0, 0.05) is 23.6 Å². The number of ether oxygens (including phenoxy) is 2. The van der Waals surface area contributed by atoms with Crippen molar-refractivity contribution >= 4 is 21.9 Å². The van der Waals surface area contributed by atoms with Crippen LogP contribution in [0.4, 0.5) is 0 Å². The Morgan fingerprint density at radius 3 is 2.84 bits per heavy atom. The maximum atomic E-state index is 11.2. The molecule has 1 saturated heterocycles. The van der Waals surface area contributed by atoms with E-state index >= 15 is 0 Å². The summed E-state index contributed by atoms with van der Waals surface area (Å²) in [6, 6.07) is 0. The molecule has 1 aliphatic heterocycles. The van der Waals surface area contributed by atoms with E-state index in [1.165, 1.54) is 12.5 Å². The van der Waals surface area contributed by atoms with Gasteiger partial charge in [-0.3, -0.25) is 4.79 Å². The maximum absolute atomic E-state index is 11.2. The van der Waals surface area contributed by atoms with E-state index in [0.29, 0.717) is 31.0 Å². The Morgan fingerprint density at radius 1 is 1.58 bits per heavy atom. The highest BCUT2D eigenvalue weighted by atomic mass is 79.9. The maximum Gasteiger partial charge on any atom is 0.302 e. The van der Waals surface area contributed by atoms with Crippen LogP contribution >= 0.6 is 15.9 Å². The lowest BCUT2D eigenvalue weighted by Crippen LogP contribution is -2.57. The van der Waals surface area contributed by atoms with Gasteiger partial charge >= 0.3 is 5.97 Å². The number of hydrogen-bond acceptors (Lipinski definition) is 3. The number of rotatable bonds is 3. The topological polar surface area (TPSA) is 35.5 Å². The van der Waals surface area contributed by atoms with Gasteiger partial charge in [0.15, 0.2) is 0 Å². The van der Waals surface area contributed by atoms with Gasteiger partial charge in [0.05, 0.1) is 19.3 Å². The van der Waals surface area contributed by atoms with E-state index in [4.69, 9.17) is 9.47 Å². The normalized spacial score (nSPS) is 41.6. The molecule has 0 saturated carbocycles.